The molecule has 4 rings (SSSR count). The van der Waals surface area contributed by atoms with Crippen molar-refractivity contribution in [3.05, 3.63) is 83.8 Å². The summed E-state index contributed by atoms with van der Waals surface area (Å²) >= 11 is 0. The van der Waals surface area contributed by atoms with Gasteiger partial charge in [-0.1, -0.05) is 6.07 Å². The molecule has 0 atom stereocenters. The maximum absolute atomic E-state index is 12.4. The zero-order valence-electron chi connectivity index (χ0n) is 15.7. The van der Waals surface area contributed by atoms with Gasteiger partial charge in [-0.2, -0.15) is 0 Å². The highest BCUT2D eigenvalue weighted by molar-refractivity contribution is 6.31. The van der Waals surface area contributed by atoms with Gasteiger partial charge in [-0.3, -0.25) is 14.9 Å². The lowest BCUT2D eigenvalue weighted by atomic mass is 9.95. The van der Waals surface area contributed by atoms with Crippen LogP contribution < -0.4 is 15.4 Å². The Morgan fingerprint density at radius 2 is 1.86 bits per heavy atom. The van der Waals surface area contributed by atoms with Gasteiger partial charge in [0, 0.05) is 42.0 Å². The van der Waals surface area contributed by atoms with Crippen molar-refractivity contribution in [1.82, 2.24) is 15.2 Å². The van der Waals surface area contributed by atoms with E-state index in [-0.39, 0.29) is 5.75 Å². The highest BCUT2D eigenvalue weighted by Crippen LogP contribution is 2.28. The zero-order valence-corrected chi connectivity index (χ0v) is 15.7. The number of amides is 2. The van der Waals surface area contributed by atoms with Crippen LogP contribution in [-0.4, -0.2) is 28.6 Å². The average molecular weight is 389 g/mol. The molecule has 7 nitrogen and oxygen atoms in total. The number of rotatable bonds is 5. The third-order valence-electron chi connectivity index (χ3n) is 4.71. The number of ether oxygens (including phenoxy) is 1. The first-order valence-corrected chi connectivity index (χ1v) is 8.99. The first-order chi connectivity index (χ1) is 14.1. The molecule has 3 N–H and O–H groups in total. The van der Waals surface area contributed by atoms with Crippen molar-refractivity contribution in [2.75, 3.05) is 7.11 Å². The highest BCUT2D eigenvalue weighted by atomic mass is 16.5. The molecule has 0 unspecified atom stereocenters. The van der Waals surface area contributed by atoms with Crippen molar-refractivity contribution in [2.24, 2.45) is 0 Å². The smallest absolute Gasteiger partial charge is 0.260 e. The lowest BCUT2D eigenvalue weighted by molar-refractivity contribution is -0.114. The molecule has 1 aliphatic rings. The number of hydrogen-bond donors (Lipinski definition) is 3. The Labute approximate surface area is 167 Å². The Bertz CT molecular complexity index is 1120. The Morgan fingerprint density at radius 3 is 2.59 bits per heavy atom. The van der Waals surface area contributed by atoms with Gasteiger partial charge in [-0.25, -0.2) is 0 Å². The van der Waals surface area contributed by atoms with Crippen molar-refractivity contribution < 1.29 is 19.4 Å². The highest BCUT2D eigenvalue weighted by Gasteiger charge is 2.27. The number of hydrogen-bond acceptors (Lipinski definition) is 5. The van der Waals surface area contributed by atoms with Crippen LogP contribution in [0.15, 0.2) is 67.1 Å². The second-order valence-corrected chi connectivity index (χ2v) is 6.55. The minimum absolute atomic E-state index is 0.0437. The number of phenolic OH excluding ortho intramolecular Hbond substituents is 1. The van der Waals surface area contributed by atoms with Gasteiger partial charge in [0.15, 0.2) is 11.5 Å². The van der Waals surface area contributed by atoms with Gasteiger partial charge in [0.25, 0.3) is 11.8 Å². The van der Waals surface area contributed by atoms with Crippen LogP contribution in [0.3, 0.4) is 0 Å². The molecule has 2 heterocycles. The largest absolute Gasteiger partial charge is 0.504 e. The second kappa shape index (κ2) is 7.55. The lowest BCUT2D eigenvalue weighted by Crippen LogP contribution is -2.37. The molecule has 0 spiro atoms. The number of carbonyl (C=O) groups excluding carboxylic acids is 2. The number of aromatic hydroxyl groups is 1. The average Bonchev–Trinajstić information content (AvgIpc) is 3.25. The minimum Gasteiger partial charge on any atom is -0.504 e. The SMILES string of the molecule is COc1ccc(CNC=C2C(=O)NC(=O)c3ccc(-n4cccc4)cc32)cc1O. The first kappa shape index (κ1) is 18.4. The minimum atomic E-state index is -0.461. The summed E-state index contributed by atoms with van der Waals surface area (Å²) in [5, 5.41) is 15.3. The molecule has 0 bridgehead atoms. The molecular weight excluding hydrogens is 370 g/mol. The molecule has 29 heavy (non-hydrogen) atoms. The summed E-state index contributed by atoms with van der Waals surface area (Å²) in [4.78, 5) is 24.6. The molecule has 0 saturated carbocycles. The van der Waals surface area contributed by atoms with E-state index >= 15 is 0 Å². The summed E-state index contributed by atoms with van der Waals surface area (Å²) in [6, 6.07) is 14.2. The summed E-state index contributed by atoms with van der Waals surface area (Å²) in [6.07, 6.45) is 5.37. The van der Waals surface area contributed by atoms with E-state index in [1.807, 2.05) is 47.3 Å². The summed E-state index contributed by atoms with van der Waals surface area (Å²) < 4.78 is 6.94. The summed E-state index contributed by atoms with van der Waals surface area (Å²) in [5.41, 5.74) is 3.04. The summed E-state index contributed by atoms with van der Waals surface area (Å²) in [7, 11) is 1.49. The van der Waals surface area contributed by atoms with Crippen molar-refractivity contribution in [2.45, 2.75) is 6.54 Å². The monoisotopic (exact) mass is 389 g/mol. The molecule has 0 saturated heterocycles. The Balaban J connectivity index is 1.62. The third kappa shape index (κ3) is 3.58. The maximum atomic E-state index is 12.4. The van der Waals surface area contributed by atoms with Gasteiger partial charge >= 0.3 is 0 Å². The van der Waals surface area contributed by atoms with E-state index in [0.717, 1.165) is 11.3 Å². The quantitative estimate of drug-likeness (QED) is 0.461. The number of fused-ring (bicyclic) bond motifs is 1. The van der Waals surface area contributed by atoms with E-state index in [0.29, 0.717) is 29.0 Å². The first-order valence-electron chi connectivity index (χ1n) is 8.99. The third-order valence-corrected chi connectivity index (χ3v) is 4.71. The van der Waals surface area contributed by atoms with Crippen LogP contribution in [0.25, 0.3) is 11.3 Å². The second-order valence-electron chi connectivity index (χ2n) is 6.55. The summed E-state index contributed by atoms with van der Waals surface area (Å²) in [5.74, 6) is -0.440. The Kier molecular flexibility index (Phi) is 4.78. The molecule has 2 aromatic carbocycles. The van der Waals surface area contributed by atoms with Crippen LogP contribution in [0.2, 0.25) is 0 Å². The number of methoxy groups -OCH3 is 1. The van der Waals surface area contributed by atoms with E-state index in [4.69, 9.17) is 4.74 Å². The van der Waals surface area contributed by atoms with Crippen molar-refractivity contribution in [3.8, 4) is 17.2 Å². The molecule has 7 heteroatoms. The molecule has 1 aromatic heterocycles. The van der Waals surface area contributed by atoms with Gasteiger partial charge in [0.05, 0.1) is 12.7 Å². The van der Waals surface area contributed by atoms with Crippen LogP contribution in [0.4, 0.5) is 0 Å². The molecule has 0 fully saturated rings. The Hall–Kier alpha value is -4.00. The zero-order chi connectivity index (χ0) is 20.4. The Morgan fingerprint density at radius 1 is 1.07 bits per heavy atom. The predicted molar refractivity (Wildman–Crippen MR) is 108 cm³/mol. The normalized spacial score (nSPS) is 14.4. The number of carbonyl (C=O) groups is 2. The fraction of sp³-hybridized carbons (Fsp3) is 0.0909. The molecule has 1 aliphatic heterocycles. The van der Waals surface area contributed by atoms with Gasteiger partial charge < -0.3 is 19.7 Å². The maximum Gasteiger partial charge on any atom is 0.260 e. The van der Waals surface area contributed by atoms with E-state index in [9.17, 15) is 14.7 Å². The van der Waals surface area contributed by atoms with Crippen LogP contribution in [-0.2, 0) is 11.3 Å². The van der Waals surface area contributed by atoms with Crippen LogP contribution in [0, 0.1) is 0 Å². The number of phenols is 1. The molecule has 146 valence electrons. The van der Waals surface area contributed by atoms with Gasteiger partial charge in [-0.05, 0) is 48.0 Å². The summed E-state index contributed by atoms with van der Waals surface area (Å²) in [6.45, 7) is 0.384. The van der Waals surface area contributed by atoms with Gasteiger partial charge in [0.2, 0.25) is 0 Å². The predicted octanol–water partition coefficient (Wildman–Crippen LogP) is 2.59. The van der Waals surface area contributed by atoms with Crippen LogP contribution in [0.1, 0.15) is 21.5 Å². The number of aromatic nitrogens is 1. The number of imide groups is 1. The number of nitrogens with one attached hydrogen (secondary N) is 2. The van der Waals surface area contributed by atoms with Crippen LogP contribution >= 0.6 is 0 Å². The number of benzene rings is 2. The standard InChI is InChI=1S/C22H19N3O4/c1-29-20-7-4-14(10-19(20)26)12-23-13-18-17-11-15(25-8-2-3-9-25)5-6-16(17)21(27)24-22(18)28/h2-11,13,23,26H,12H2,1H3,(H,24,27,28). The van der Waals surface area contributed by atoms with Crippen molar-refractivity contribution >= 4 is 17.4 Å². The van der Waals surface area contributed by atoms with Gasteiger partial charge in [-0.15, -0.1) is 0 Å². The molecule has 2 amide bonds. The van der Waals surface area contributed by atoms with E-state index in [1.54, 1.807) is 24.4 Å². The van der Waals surface area contributed by atoms with E-state index in [1.165, 1.54) is 7.11 Å². The van der Waals surface area contributed by atoms with Crippen molar-refractivity contribution in [3.63, 3.8) is 0 Å². The van der Waals surface area contributed by atoms with Gasteiger partial charge in [0.1, 0.15) is 0 Å². The van der Waals surface area contributed by atoms with Crippen molar-refractivity contribution in [1.29, 1.82) is 0 Å². The lowest BCUT2D eigenvalue weighted by Gasteiger charge is -2.19. The topological polar surface area (TPSA) is 92.6 Å². The van der Waals surface area contributed by atoms with E-state index in [2.05, 4.69) is 10.6 Å². The van der Waals surface area contributed by atoms with Crippen LogP contribution in [0.5, 0.6) is 11.5 Å². The molecule has 0 radical (unpaired) electrons. The number of nitrogens with zero attached hydrogens (tertiary/aromatic N) is 1. The molecule has 0 aliphatic carbocycles. The fourth-order valence-corrected chi connectivity index (χ4v) is 3.24. The fourth-order valence-electron chi connectivity index (χ4n) is 3.24. The molecular formula is C22H19N3O4. The van der Waals surface area contributed by atoms with E-state index < -0.39 is 11.8 Å². The molecule has 3 aromatic rings.